The van der Waals surface area contributed by atoms with Gasteiger partial charge in [0.25, 0.3) is 0 Å². The molecule has 88 valence electrons. The topological polar surface area (TPSA) is 37.3 Å². The van der Waals surface area contributed by atoms with Gasteiger partial charge in [0.1, 0.15) is 0 Å². The Hall–Kier alpha value is -0.450. The number of rotatable bonds is 4. The van der Waals surface area contributed by atoms with E-state index >= 15 is 0 Å². The molecule has 1 N–H and O–H groups in total. The summed E-state index contributed by atoms with van der Waals surface area (Å²) in [6.07, 6.45) is 1.76. The minimum Gasteiger partial charge on any atom is -0.389 e. The lowest BCUT2D eigenvalue weighted by molar-refractivity contribution is 0.243. The number of aliphatic hydroxyl groups excluding tert-OH is 1. The van der Waals surface area contributed by atoms with Crippen molar-refractivity contribution >= 4 is 26.7 Å². The molecule has 0 aliphatic heterocycles. The zero-order valence-corrected chi connectivity index (χ0v) is 11.7. The molecule has 0 heterocycles. The van der Waals surface area contributed by atoms with Crippen LogP contribution in [0.1, 0.15) is 20.3 Å². The summed E-state index contributed by atoms with van der Waals surface area (Å²) < 4.78 is 13.1. The fraction of sp³-hybridized carbons (Fsp3) is 0.333. The minimum absolute atomic E-state index is 0.561. The summed E-state index contributed by atoms with van der Waals surface area (Å²) >= 11 is 3.34. The van der Waals surface area contributed by atoms with E-state index in [9.17, 15) is 9.32 Å². The van der Waals surface area contributed by atoms with Crippen LogP contribution >= 0.6 is 15.9 Å². The van der Waals surface area contributed by atoms with Gasteiger partial charge in [-0.3, -0.25) is 0 Å². The fourth-order valence-electron chi connectivity index (χ4n) is 1.29. The van der Waals surface area contributed by atoms with E-state index in [0.29, 0.717) is 6.42 Å². The quantitative estimate of drug-likeness (QED) is 0.927. The molecule has 2 atom stereocenters. The highest BCUT2D eigenvalue weighted by molar-refractivity contribution is 9.10. The monoisotopic (exact) mass is 302 g/mol. The van der Waals surface area contributed by atoms with Gasteiger partial charge in [-0.1, -0.05) is 22.9 Å². The maximum absolute atomic E-state index is 12.1. The number of aliphatic hydroxyl groups is 1. The molecule has 0 radical (unpaired) electrons. The van der Waals surface area contributed by atoms with Crippen molar-refractivity contribution in [3.05, 3.63) is 39.7 Å². The fourth-order valence-corrected chi connectivity index (χ4v) is 2.82. The van der Waals surface area contributed by atoms with E-state index < -0.39 is 16.9 Å². The minimum atomic E-state index is -1.17. The molecule has 2 unspecified atom stereocenters. The van der Waals surface area contributed by atoms with Crippen LogP contribution in [0.2, 0.25) is 0 Å². The first-order valence-electron chi connectivity index (χ1n) is 5.10. The number of allylic oxidation sites excluding steroid dienone is 1. The number of hydrogen-bond acceptors (Lipinski definition) is 2. The van der Waals surface area contributed by atoms with Gasteiger partial charge in [0.05, 0.1) is 16.9 Å². The average molecular weight is 303 g/mol. The van der Waals surface area contributed by atoms with Gasteiger partial charge in [0.15, 0.2) is 0 Å². The molecule has 0 amide bonds. The molecule has 16 heavy (non-hydrogen) atoms. The largest absolute Gasteiger partial charge is 0.389 e. The lowest BCUT2D eigenvalue weighted by Crippen LogP contribution is -2.01. The number of halogens is 1. The van der Waals surface area contributed by atoms with E-state index in [0.717, 1.165) is 14.3 Å². The van der Waals surface area contributed by atoms with Crippen LogP contribution in [-0.2, 0) is 10.8 Å². The molecule has 1 aromatic rings. The lowest BCUT2D eigenvalue weighted by Gasteiger charge is -2.06. The SMILES string of the molecule is CC/C(=C/C(C)O)S(=O)c1ccc(Br)cc1. The predicted octanol–water partition coefficient (Wildman–Crippen LogP) is 3.23. The molecular formula is C12H15BrO2S. The summed E-state index contributed by atoms with van der Waals surface area (Å²) in [5.41, 5.74) is 0. The van der Waals surface area contributed by atoms with Crippen LogP contribution in [0.25, 0.3) is 0 Å². The van der Waals surface area contributed by atoms with E-state index in [1.54, 1.807) is 13.0 Å². The first-order chi connectivity index (χ1) is 7.54. The summed E-state index contributed by atoms with van der Waals surface area (Å²) in [7, 11) is -1.17. The Balaban J connectivity index is 2.96. The molecule has 0 aliphatic carbocycles. The van der Waals surface area contributed by atoms with Gasteiger partial charge in [-0.05, 0) is 43.7 Å². The van der Waals surface area contributed by atoms with E-state index in [2.05, 4.69) is 15.9 Å². The van der Waals surface area contributed by atoms with Crippen molar-refractivity contribution < 1.29 is 9.32 Å². The molecule has 0 saturated heterocycles. The van der Waals surface area contributed by atoms with Crippen LogP contribution in [0, 0.1) is 0 Å². The van der Waals surface area contributed by atoms with Gasteiger partial charge in [-0.25, -0.2) is 4.21 Å². The summed E-state index contributed by atoms with van der Waals surface area (Å²) in [6, 6.07) is 7.38. The van der Waals surface area contributed by atoms with Crippen LogP contribution in [0.5, 0.6) is 0 Å². The van der Waals surface area contributed by atoms with Crippen LogP contribution in [0.4, 0.5) is 0 Å². The molecule has 4 heteroatoms. The number of benzene rings is 1. The maximum Gasteiger partial charge on any atom is 0.0805 e. The van der Waals surface area contributed by atoms with Crippen LogP contribution in [0.3, 0.4) is 0 Å². The van der Waals surface area contributed by atoms with Crippen molar-refractivity contribution in [3.8, 4) is 0 Å². The van der Waals surface area contributed by atoms with Crippen molar-refractivity contribution in [1.82, 2.24) is 0 Å². The predicted molar refractivity (Wildman–Crippen MR) is 70.6 cm³/mol. The molecule has 1 rings (SSSR count). The summed E-state index contributed by atoms with van der Waals surface area (Å²) in [4.78, 5) is 1.52. The van der Waals surface area contributed by atoms with E-state index in [4.69, 9.17) is 0 Å². The normalized spacial score (nSPS) is 15.9. The second-order valence-electron chi connectivity index (χ2n) is 3.45. The Morgan fingerprint density at radius 1 is 1.50 bits per heavy atom. The second kappa shape index (κ2) is 6.33. The van der Waals surface area contributed by atoms with Gasteiger partial charge in [-0.2, -0.15) is 0 Å². The standard InChI is InChI=1S/C12H15BrO2S/c1-3-11(8-9(2)14)16(15)12-6-4-10(13)5-7-12/h4-9,14H,3H2,1-2H3/b11-8-. The Morgan fingerprint density at radius 3 is 2.50 bits per heavy atom. The molecule has 0 aromatic heterocycles. The van der Waals surface area contributed by atoms with Gasteiger partial charge >= 0.3 is 0 Å². The van der Waals surface area contributed by atoms with Crippen molar-refractivity contribution in [3.63, 3.8) is 0 Å². The van der Waals surface area contributed by atoms with E-state index in [1.165, 1.54) is 0 Å². The zero-order valence-electron chi connectivity index (χ0n) is 9.31. The molecule has 0 aliphatic rings. The maximum atomic E-state index is 12.1. The number of hydrogen-bond donors (Lipinski definition) is 1. The summed E-state index contributed by atoms with van der Waals surface area (Å²) in [6.45, 7) is 3.60. The van der Waals surface area contributed by atoms with Gasteiger partial charge in [0, 0.05) is 14.3 Å². The smallest absolute Gasteiger partial charge is 0.0805 e. The van der Waals surface area contributed by atoms with E-state index in [-0.39, 0.29) is 0 Å². The molecule has 0 fully saturated rings. The lowest BCUT2D eigenvalue weighted by atomic mass is 10.3. The van der Waals surface area contributed by atoms with E-state index in [1.807, 2.05) is 31.2 Å². The van der Waals surface area contributed by atoms with Gasteiger partial charge < -0.3 is 5.11 Å². The first-order valence-corrected chi connectivity index (χ1v) is 7.05. The molecule has 0 saturated carbocycles. The zero-order chi connectivity index (χ0) is 12.1. The third-order valence-corrected chi connectivity index (χ3v) is 4.17. The van der Waals surface area contributed by atoms with Gasteiger partial charge in [0.2, 0.25) is 0 Å². The molecule has 1 aromatic carbocycles. The summed E-state index contributed by atoms with van der Waals surface area (Å²) in [5.74, 6) is 0. The highest BCUT2D eigenvalue weighted by Gasteiger charge is 2.09. The van der Waals surface area contributed by atoms with Crippen molar-refractivity contribution in [2.45, 2.75) is 31.3 Å². The van der Waals surface area contributed by atoms with Crippen LogP contribution in [0.15, 0.2) is 44.6 Å². The Bertz CT molecular complexity index is 396. The highest BCUT2D eigenvalue weighted by Crippen LogP contribution is 2.20. The summed E-state index contributed by atoms with van der Waals surface area (Å²) in [5, 5.41) is 9.28. The third-order valence-electron chi connectivity index (χ3n) is 2.04. The van der Waals surface area contributed by atoms with Crippen molar-refractivity contribution in [2.75, 3.05) is 0 Å². The first kappa shape index (κ1) is 13.6. The molecule has 0 bridgehead atoms. The van der Waals surface area contributed by atoms with Crippen LogP contribution in [-0.4, -0.2) is 15.4 Å². The Labute approximate surface area is 107 Å². The van der Waals surface area contributed by atoms with Gasteiger partial charge in [-0.15, -0.1) is 0 Å². The van der Waals surface area contributed by atoms with Crippen molar-refractivity contribution in [1.29, 1.82) is 0 Å². The average Bonchev–Trinajstić information content (AvgIpc) is 2.25. The van der Waals surface area contributed by atoms with Crippen LogP contribution < -0.4 is 0 Å². The Kier molecular flexibility index (Phi) is 5.38. The van der Waals surface area contributed by atoms with Crippen molar-refractivity contribution in [2.24, 2.45) is 0 Å². The molecule has 0 spiro atoms. The second-order valence-corrected chi connectivity index (χ2v) is 5.90. The third kappa shape index (κ3) is 3.85. The Morgan fingerprint density at radius 2 is 2.06 bits per heavy atom. The highest BCUT2D eigenvalue weighted by atomic mass is 79.9. The molecule has 2 nitrogen and oxygen atoms in total. The molecular weight excluding hydrogens is 288 g/mol.